The summed E-state index contributed by atoms with van der Waals surface area (Å²) in [5.74, 6) is -0.0920. The van der Waals surface area contributed by atoms with E-state index in [-0.39, 0.29) is 5.75 Å². The first-order valence-corrected chi connectivity index (χ1v) is 9.31. The van der Waals surface area contributed by atoms with Crippen molar-refractivity contribution >= 4 is 9.84 Å². The summed E-state index contributed by atoms with van der Waals surface area (Å²) in [7, 11) is -3.34. The summed E-state index contributed by atoms with van der Waals surface area (Å²) in [5, 5.41) is 10.2. The van der Waals surface area contributed by atoms with E-state index in [4.69, 9.17) is 0 Å². The Morgan fingerprint density at radius 1 is 1.04 bits per heavy atom. The summed E-state index contributed by atoms with van der Waals surface area (Å²) in [6.45, 7) is 1.77. The lowest BCUT2D eigenvalue weighted by atomic mass is 10.0. The van der Waals surface area contributed by atoms with Gasteiger partial charge in [-0.2, -0.15) is 0 Å². The molecular weight excluding hydrogens is 308 g/mol. The predicted octanol–water partition coefficient (Wildman–Crippen LogP) is 3.40. The van der Waals surface area contributed by atoms with Crippen molar-refractivity contribution < 1.29 is 13.5 Å². The van der Waals surface area contributed by atoms with Gasteiger partial charge in [0, 0.05) is 0 Å². The first-order valence-electron chi connectivity index (χ1n) is 7.65. The SMILES string of the molecule is C/C(=C\CS(=O)(=O)c1ccccc1)C(O)CCc1ccccc1. The van der Waals surface area contributed by atoms with E-state index in [1.54, 1.807) is 43.3 Å². The molecule has 2 aromatic carbocycles. The van der Waals surface area contributed by atoms with Crippen molar-refractivity contribution in [2.24, 2.45) is 0 Å². The van der Waals surface area contributed by atoms with Gasteiger partial charge in [0.25, 0.3) is 0 Å². The van der Waals surface area contributed by atoms with Crippen molar-refractivity contribution in [1.29, 1.82) is 0 Å². The van der Waals surface area contributed by atoms with Crippen LogP contribution in [0.3, 0.4) is 0 Å². The third-order valence-corrected chi connectivity index (χ3v) is 5.40. The van der Waals surface area contributed by atoms with Crippen molar-refractivity contribution in [2.45, 2.75) is 30.8 Å². The van der Waals surface area contributed by atoms with Crippen molar-refractivity contribution in [3.05, 3.63) is 77.9 Å². The highest BCUT2D eigenvalue weighted by atomic mass is 32.2. The Bertz CT molecular complexity index is 735. The molecular formula is C19H22O3S. The van der Waals surface area contributed by atoms with Crippen LogP contribution in [-0.4, -0.2) is 25.4 Å². The minimum Gasteiger partial charge on any atom is -0.389 e. The van der Waals surface area contributed by atoms with Crippen LogP contribution in [0, 0.1) is 0 Å². The van der Waals surface area contributed by atoms with E-state index in [1.165, 1.54) is 0 Å². The highest BCUT2D eigenvalue weighted by molar-refractivity contribution is 7.91. The summed E-state index contributed by atoms with van der Waals surface area (Å²) < 4.78 is 24.4. The first-order chi connectivity index (χ1) is 11.0. The molecule has 1 unspecified atom stereocenters. The van der Waals surface area contributed by atoms with Crippen LogP contribution in [0.25, 0.3) is 0 Å². The monoisotopic (exact) mass is 330 g/mol. The maximum atomic E-state index is 12.2. The number of hydrogen-bond donors (Lipinski definition) is 1. The van der Waals surface area contributed by atoms with Gasteiger partial charge in [0.05, 0.1) is 16.8 Å². The Kier molecular flexibility index (Phi) is 6.13. The first kappa shape index (κ1) is 17.4. The summed E-state index contributed by atoms with van der Waals surface area (Å²) in [4.78, 5) is 0.308. The highest BCUT2D eigenvalue weighted by Crippen LogP contribution is 2.14. The van der Waals surface area contributed by atoms with Gasteiger partial charge in [-0.15, -0.1) is 0 Å². The standard InChI is InChI=1S/C19H22O3S/c1-16(19(20)13-12-17-8-4-2-5-9-17)14-15-23(21,22)18-10-6-3-7-11-18/h2-11,14,19-20H,12-13,15H2,1H3/b16-14+. The number of aliphatic hydroxyl groups is 1. The zero-order valence-corrected chi connectivity index (χ0v) is 14.0. The maximum Gasteiger partial charge on any atom is 0.181 e. The van der Waals surface area contributed by atoms with Crippen molar-refractivity contribution in [2.75, 3.05) is 5.75 Å². The fourth-order valence-electron chi connectivity index (χ4n) is 2.28. The van der Waals surface area contributed by atoms with Gasteiger partial charge in [-0.1, -0.05) is 54.6 Å². The van der Waals surface area contributed by atoms with Crippen molar-refractivity contribution in [3.8, 4) is 0 Å². The van der Waals surface area contributed by atoms with Crippen LogP contribution in [-0.2, 0) is 16.3 Å². The number of aryl methyl sites for hydroxylation is 1. The quantitative estimate of drug-likeness (QED) is 0.792. The second-order valence-electron chi connectivity index (χ2n) is 5.58. The van der Waals surface area contributed by atoms with E-state index in [0.717, 1.165) is 12.0 Å². The zero-order valence-electron chi connectivity index (χ0n) is 13.2. The van der Waals surface area contributed by atoms with Gasteiger partial charge in [0.15, 0.2) is 9.84 Å². The summed E-state index contributed by atoms with van der Waals surface area (Å²) >= 11 is 0. The zero-order chi connectivity index (χ0) is 16.7. The molecule has 0 aliphatic carbocycles. The Labute approximate surface area is 138 Å². The minimum atomic E-state index is -3.34. The van der Waals surface area contributed by atoms with Crippen LogP contribution in [0.15, 0.2) is 77.2 Å². The Balaban J connectivity index is 1.94. The molecule has 1 atom stereocenters. The molecule has 4 heteroatoms. The Morgan fingerprint density at radius 3 is 2.22 bits per heavy atom. The highest BCUT2D eigenvalue weighted by Gasteiger charge is 2.13. The second kappa shape index (κ2) is 8.09. The predicted molar refractivity (Wildman–Crippen MR) is 93.0 cm³/mol. The largest absolute Gasteiger partial charge is 0.389 e. The molecule has 0 amide bonds. The molecule has 1 N–H and O–H groups in total. The third-order valence-electron chi connectivity index (χ3n) is 3.80. The van der Waals surface area contributed by atoms with Gasteiger partial charge < -0.3 is 5.11 Å². The number of sulfone groups is 1. The van der Waals surface area contributed by atoms with Gasteiger partial charge in [-0.25, -0.2) is 8.42 Å². The Hall–Kier alpha value is -1.91. The van der Waals surface area contributed by atoms with E-state index in [1.807, 2.05) is 30.3 Å². The lowest BCUT2D eigenvalue weighted by Gasteiger charge is -2.11. The van der Waals surface area contributed by atoms with Crippen molar-refractivity contribution in [3.63, 3.8) is 0 Å². The minimum absolute atomic E-state index is 0.0920. The molecule has 0 spiro atoms. The second-order valence-corrected chi connectivity index (χ2v) is 7.62. The molecule has 0 bridgehead atoms. The van der Waals surface area contributed by atoms with E-state index in [2.05, 4.69) is 0 Å². The average Bonchev–Trinajstić information content (AvgIpc) is 2.59. The number of hydrogen-bond acceptors (Lipinski definition) is 3. The smallest absolute Gasteiger partial charge is 0.181 e. The summed E-state index contributed by atoms with van der Waals surface area (Å²) in [5.41, 5.74) is 1.86. The maximum absolute atomic E-state index is 12.2. The molecule has 0 heterocycles. The fourth-order valence-corrected chi connectivity index (χ4v) is 3.52. The lowest BCUT2D eigenvalue weighted by molar-refractivity contribution is 0.200. The molecule has 3 nitrogen and oxygen atoms in total. The van der Waals surface area contributed by atoms with Gasteiger partial charge in [-0.3, -0.25) is 0 Å². The normalized spacial score (nSPS) is 13.7. The van der Waals surface area contributed by atoms with Gasteiger partial charge in [-0.05, 0) is 43.0 Å². The average molecular weight is 330 g/mol. The summed E-state index contributed by atoms with van der Waals surface area (Å²) in [6.07, 6.45) is 2.33. The van der Waals surface area contributed by atoms with E-state index >= 15 is 0 Å². The van der Waals surface area contributed by atoms with E-state index in [9.17, 15) is 13.5 Å². The molecule has 122 valence electrons. The van der Waals surface area contributed by atoms with Crippen LogP contribution in [0.1, 0.15) is 18.9 Å². The number of rotatable bonds is 7. The van der Waals surface area contributed by atoms with E-state index < -0.39 is 15.9 Å². The molecule has 0 aliphatic rings. The molecule has 0 saturated carbocycles. The van der Waals surface area contributed by atoms with Crippen LogP contribution >= 0.6 is 0 Å². The molecule has 2 rings (SSSR count). The summed E-state index contributed by atoms with van der Waals surface area (Å²) in [6, 6.07) is 18.3. The molecule has 2 aromatic rings. The van der Waals surface area contributed by atoms with E-state index in [0.29, 0.717) is 16.9 Å². The number of benzene rings is 2. The van der Waals surface area contributed by atoms with Gasteiger partial charge >= 0.3 is 0 Å². The van der Waals surface area contributed by atoms with Crippen molar-refractivity contribution in [1.82, 2.24) is 0 Å². The van der Waals surface area contributed by atoms with Crippen LogP contribution < -0.4 is 0 Å². The molecule has 23 heavy (non-hydrogen) atoms. The van der Waals surface area contributed by atoms with Crippen LogP contribution in [0.2, 0.25) is 0 Å². The number of aliphatic hydroxyl groups excluding tert-OH is 1. The third kappa shape index (κ3) is 5.34. The molecule has 0 fully saturated rings. The molecule has 0 saturated heterocycles. The lowest BCUT2D eigenvalue weighted by Crippen LogP contribution is -2.12. The van der Waals surface area contributed by atoms with Crippen LogP contribution in [0.4, 0.5) is 0 Å². The Morgan fingerprint density at radius 2 is 1.61 bits per heavy atom. The molecule has 0 radical (unpaired) electrons. The van der Waals surface area contributed by atoms with Gasteiger partial charge in [0.2, 0.25) is 0 Å². The van der Waals surface area contributed by atoms with Crippen LogP contribution in [0.5, 0.6) is 0 Å². The fraction of sp³-hybridized carbons (Fsp3) is 0.263. The van der Waals surface area contributed by atoms with Gasteiger partial charge in [0.1, 0.15) is 0 Å². The molecule has 0 aliphatic heterocycles. The topological polar surface area (TPSA) is 54.4 Å². The molecule has 0 aromatic heterocycles.